The number of aromatic hydroxyl groups is 1. The lowest BCUT2D eigenvalue weighted by molar-refractivity contribution is -0.144. The van der Waals surface area contributed by atoms with Crippen molar-refractivity contribution in [2.45, 2.75) is 37.8 Å². The zero-order valence-corrected chi connectivity index (χ0v) is 12.8. The molecule has 2 aliphatic rings. The molecule has 1 unspecified atom stereocenters. The zero-order valence-electron chi connectivity index (χ0n) is 12.8. The molecule has 0 aromatic heterocycles. The molecule has 3 rings (SSSR count). The summed E-state index contributed by atoms with van der Waals surface area (Å²) in [6.45, 7) is 3.41. The lowest BCUT2D eigenvalue weighted by Gasteiger charge is -2.40. The Morgan fingerprint density at radius 1 is 1.14 bits per heavy atom. The fourth-order valence-electron chi connectivity index (χ4n) is 3.83. The van der Waals surface area contributed by atoms with E-state index in [9.17, 15) is 15.0 Å². The number of hydrogen-bond acceptors (Lipinski definition) is 4. The van der Waals surface area contributed by atoms with E-state index in [0.717, 1.165) is 26.2 Å². The third kappa shape index (κ3) is 3.25. The van der Waals surface area contributed by atoms with Gasteiger partial charge in [-0.3, -0.25) is 14.6 Å². The molecule has 1 aliphatic carbocycles. The summed E-state index contributed by atoms with van der Waals surface area (Å²) >= 11 is 0. The lowest BCUT2D eigenvalue weighted by Crippen LogP contribution is -2.51. The number of piperazine rings is 1. The molecule has 1 atom stereocenters. The Hall–Kier alpha value is -1.59. The van der Waals surface area contributed by atoms with E-state index in [2.05, 4.69) is 4.90 Å². The van der Waals surface area contributed by atoms with E-state index >= 15 is 0 Å². The first-order valence-corrected chi connectivity index (χ1v) is 8.15. The van der Waals surface area contributed by atoms with Crippen molar-refractivity contribution >= 4 is 5.97 Å². The molecule has 1 saturated carbocycles. The van der Waals surface area contributed by atoms with Crippen molar-refractivity contribution in [3.05, 3.63) is 29.8 Å². The minimum atomic E-state index is -0.847. The van der Waals surface area contributed by atoms with Gasteiger partial charge in [0.05, 0.1) is 0 Å². The largest absolute Gasteiger partial charge is 0.508 e. The predicted molar refractivity (Wildman–Crippen MR) is 83.9 cm³/mol. The van der Waals surface area contributed by atoms with Gasteiger partial charge in [0.25, 0.3) is 0 Å². The molecule has 2 fully saturated rings. The highest BCUT2D eigenvalue weighted by molar-refractivity contribution is 5.75. The molecule has 0 amide bonds. The number of carboxylic acid groups (broad SMARTS) is 1. The molecular weight excluding hydrogens is 280 g/mol. The average Bonchev–Trinajstić information content (AvgIpc) is 3.02. The van der Waals surface area contributed by atoms with Gasteiger partial charge in [0, 0.05) is 32.2 Å². The standard InChI is InChI=1S/C17H24N2O3/c20-15-7-3-4-13(12-15)16(17(21)22)19-10-8-18(9-11-19)14-5-1-2-6-14/h3-4,7,12,14,16,20H,1-2,5-6,8-11H2,(H,21,22). The third-order valence-corrected chi connectivity index (χ3v) is 4.97. The van der Waals surface area contributed by atoms with Gasteiger partial charge in [0.15, 0.2) is 0 Å². The second kappa shape index (κ2) is 6.67. The SMILES string of the molecule is O=C(O)C(c1cccc(O)c1)N1CCN(C2CCCC2)CC1. The maximum absolute atomic E-state index is 11.7. The number of rotatable bonds is 4. The minimum absolute atomic E-state index is 0.119. The highest BCUT2D eigenvalue weighted by Gasteiger charge is 2.32. The summed E-state index contributed by atoms with van der Waals surface area (Å²) in [6, 6.07) is 6.64. The van der Waals surface area contributed by atoms with Crippen molar-refractivity contribution in [2.75, 3.05) is 26.2 Å². The number of hydrogen-bond donors (Lipinski definition) is 2. The monoisotopic (exact) mass is 304 g/mol. The van der Waals surface area contributed by atoms with Crippen LogP contribution in [0, 0.1) is 0 Å². The van der Waals surface area contributed by atoms with Crippen LogP contribution in [0.25, 0.3) is 0 Å². The molecule has 2 N–H and O–H groups in total. The van der Waals surface area contributed by atoms with E-state index < -0.39 is 12.0 Å². The maximum Gasteiger partial charge on any atom is 0.325 e. The molecule has 120 valence electrons. The zero-order chi connectivity index (χ0) is 15.5. The molecule has 5 nitrogen and oxygen atoms in total. The van der Waals surface area contributed by atoms with Gasteiger partial charge >= 0.3 is 5.97 Å². The summed E-state index contributed by atoms with van der Waals surface area (Å²) in [5.74, 6) is -0.728. The fourth-order valence-corrected chi connectivity index (χ4v) is 3.83. The van der Waals surface area contributed by atoms with Gasteiger partial charge in [-0.05, 0) is 30.5 Å². The van der Waals surface area contributed by atoms with Crippen LogP contribution >= 0.6 is 0 Å². The second-order valence-electron chi connectivity index (χ2n) is 6.35. The van der Waals surface area contributed by atoms with E-state index in [0.29, 0.717) is 11.6 Å². The van der Waals surface area contributed by atoms with Crippen LogP contribution in [0.1, 0.15) is 37.3 Å². The minimum Gasteiger partial charge on any atom is -0.508 e. The van der Waals surface area contributed by atoms with Crippen LogP contribution in [-0.2, 0) is 4.79 Å². The fraction of sp³-hybridized carbons (Fsp3) is 0.588. The quantitative estimate of drug-likeness (QED) is 0.891. The molecule has 1 heterocycles. The number of phenols is 1. The molecule has 22 heavy (non-hydrogen) atoms. The smallest absolute Gasteiger partial charge is 0.325 e. The summed E-state index contributed by atoms with van der Waals surface area (Å²) in [5, 5.41) is 19.2. The van der Waals surface area contributed by atoms with Crippen LogP contribution in [0.2, 0.25) is 0 Å². The molecule has 0 bridgehead atoms. The summed E-state index contributed by atoms with van der Waals surface area (Å²) in [7, 11) is 0. The summed E-state index contributed by atoms with van der Waals surface area (Å²) < 4.78 is 0. The second-order valence-corrected chi connectivity index (χ2v) is 6.35. The summed E-state index contributed by atoms with van der Waals surface area (Å²) in [5.41, 5.74) is 0.654. The normalized spacial score (nSPS) is 22.7. The van der Waals surface area contributed by atoms with E-state index in [4.69, 9.17) is 0 Å². The van der Waals surface area contributed by atoms with Crippen molar-refractivity contribution in [1.29, 1.82) is 0 Å². The Bertz CT molecular complexity index is 520. The van der Waals surface area contributed by atoms with Crippen LogP contribution < -0.4 is 0 Å². The molecule has 1 aliphatic heterocycles. The molecule has 1 aromatic rings. The Kier molecular flexibility index (Phi) is 4.64. The molecule has 0 spiro atoms. The van der Waals surface area contributed by atoms with E-state index in [1.165, 1.54) is 25.7 Å². The Labute approximate surface area is 131 Å². The maximum atomic E-state index is 11.7. The number of carboxylic acids is 1. The number of nitrogens with zero attached hydrogens (tertiary/aromatic N) is 2. The van der Waals surface area contributed by atoms with Crippen LogP contribution in [-0.4, -0.2) is 58.2 Å². The van der Waals surface area contributed by atoms with E-state index in [1.54, 1.807) is 24.3 Å². The first-order chi connectivity index (χ1) is 10.6. The Morgan fingerprint density at radius 3 is 2.41 bits per heavy atom. The Balaban J connectivity index is 1.67. The van der Waals surface area contributed by atoms with Gasteiger partial charge in [-0.1, -0.05) is 25.0 Å². The highest BCUT2D eigenvalue weighted by atomic mass is 16.4. The van der Waals surface area contributed by atoms with Gasteiger partial charge < -0.3 is 10.2 Å². The average molecular weight is 304 g/mol. The lowest BCUT2D eigenvalue weighted by atomic mass is 10.0. The van der Waals surface area contributed by atoms with Crippen molar-refractivity contribution in [1.82, 2.24) is 9.80 Å². The molecule has 0 radical (unpaired) electrons. The van der Waals surface area contributed by atoms with Crippen molar-refractivity contribution < 1.29 is 15.0 Å². The van der Waals surface area contributed by atoms with Crippen molar-refractivity contribution in [2.24, 2.45) is 0 Å². The van der Waals surface area contributed by atoms with Crippen LogP contribution in [0.15, 0.2) is 24.3 Å². The first-order valence-electron chi connectivity index (χ1n) is 8.15. The van der Waals surface area contributed by atoms with E-state index in [1.807, 2.05) is 4.90 Å². The molecule has 1 aromatic carbocycles. The predicted octanol–water partition coefficient (Wildman–Crippen LogP) is 2.08. The first kappa shape index (κ1) is 15.3. The van der Waals surface area contributed by atoms with Crippen LogP contribution in [0.3, 0.4) is 0 Å². The van der Waals surface area contributed by atoms with Gasteiger partial charge in [0.1, 0.15) is 11.8 Å². The number of carbonyl (C=O) groups is 1. The van der Waals surface area contributed by atoms with Crippen LogP contribution in [0.4, 0.5) is 0 Å². The number of aliphatic carboxylic acids is 1. The van der Waals surface area contributed by atoms with Gasteiger partial charge in [-0.15, -0.1) is 0 Å². The Morgan fingerprint density at radius 2 is 1.82 bits per heavy atom. The van der Waals surface area contributed by atoms with Gasteiger partial charge in [-0.2, -0.15) is 0 Å². The van der Waals surface area contributed by atoms with Crippen LogP contribution in [0.5, 0.6) is 5.75 Å². The summed E-state index contributed by atoms with van der Waals surface area (Å²) in [6.07, 6.45) is 5.22. The topological polar surface area (TPSA) is 64.0 Å². The van der Waals surface area contributed by atoms with E-state index in [-0.39, 0.29) is 5.75 Å². The van der Waals surface area contributed by atoms with Crippen molar-refractivity contribution in [3.63, 3.8) is 0 Å². The number of phenolic OH excluding ortho intramolecular Hbond substituents is 1. The highest BCUT2D eigenvalue weighted by Crippen LogP contribution is 2.28. The molecular formula is C17H24N2O3. The molecule has 1 saturated heterocycles. The van der Waals surface area contributed by atoms with Gasteiger partial charge in [-0.25, -0.2) is 0 Å². The number of benzene rings is 1. The van der Waals surface area contributed by atoms with Gasteiger partial charge in [0.2, 0.25) is 0 Å². The molecule has 5 heteroatoms. The summed E-state index contributed by atoms with van der Waals surface area (Å²) in [4.78, 5) is 16.2. The third-order valence-electron chi connectivity index (χ3n) is 4.97. The van der Waals surface area contributed by atoms with Crippen molar-refractivity contribution in [3.8, 4) is 5.75 Å².